The minimum absolute atomic E-state index is 0.0736. The first-order chi connectivity index (χ1) is 9.97. The fourth-order valence-corrected chi connectivity index (χ4v) is 4.00. The van der Waals surface area contributed by atoms with Crippen molar-refractivity contribution < 1.29 is 19.1 Å². The van der Waals surface area contributed by atoms with Gasteiger partial charge in [-0.05, 0) is 49.3 Å². The highest BCUT2D eigenvalue weighted by molar-refractivity contribution is 6.31. The Kier molecular flexibility index (Phi) is 3.61. The van der Waals surface area contributed by atoms with Gasteiger partial charge in [0.25, 0.3) is 0 Å². The van der Waals surface area contributed by atoms with Crippen molar-refractivity contribution in [2.75, 3.05) is 5.32 Å². The van der Waals surface area contributed by atoms with Gasteiger partial charge >= 0.3 is 5.97 Å². The molecule has 1 aromatic rings. The number of carbonyl (C=O) groups is 2. The molecule has 0 aromatic heterocycles. The summed E-state index contributed by atoms with van der Waals surface area (Å²) in [7, 11) is 0. The van der Waals surface area contributed by atoms with Crippen LogP contribution in [-0.2, 0) is 9.59 Å². The van der Waals surface area contributed by atoms with Crippen molar-refractivity contribution in [3.8, 4) is 0 Å². The fourth-order valence-electron chi connectivity index (χ4n) is 3.82. The van der Waals surface area contributed by atoms with E-state index in [2.05, 4.69) is 5.32 Å². The summed E-state index contributed by atoms with van der Waals surface area (Å²) in [6.07, 6.45) is 2.59. The van der Waals surface area contributed by atoms with Crippen LogP contribution in [0.15, 0.2) is 18.2 Å². The van der Waals surface area contributed by atoms with Crippen molar-refractivity contribution in [2.24, 2.45) is 23.7 Å². The molecule has 3 rings (SSSR count). The topological polar surface area (TPSA) is 66.4 Å². The molecule has 112 valence electrons. The number of anilines is 1. The first-order valence-electron chi connectivity index (χ1n) is 6.96. The molecule has 0 radical (unpaired) electrons. The number of rotatable bonds is 3. The third kappa shape index (κ3) is 2.50. The van der Waals surface area contributed by atoms with Crippen molar-refractivity contribution in [2.45, 2.75) is 19.3 Å². The molecule has 0 aliphatic heterocycles. The van der Waals surface area contributed by atoms with Crippen molar-refractivity contribution >= 4 is 29.2 Å². The minimum Gasteiger partial charge on any atom is -0.481 e. The van der Waals surface area contributed by atoms with Gasteiger partial charge in [-0.15, -0.1) is 0 Å². The Morgan fingerprint density at radius 3 is 2.52 bits per heavy atom. The van der Waals surface area contributed by atoms with E-state index in [0.29, 0.717) is 5.69 Å². The molecule has 0 saturated heterocycles. The maximum atomic E-state index is 13.1. The number of nitrogens with one attached hydrogen (secondary N) is 1. The first-order valence-corrected chi connectivity index (χ1v) is 7.34. The average molecular weight is 312 g/mol. The van der Waals surface area contributed by atoms with Gasteiger partial charge in [-0.3, -0.25) is 9.59 Å². The Balaban J connectivity index is 1.78. The zero-order valence-electron chi connectivity index (χ0n) is 11.2. The SMILES string of the molecule is O=C(O)[C@@H]1[C@H]2CC[C@@H](C2)[C@H]1C(=O)Nc1ccc(F)c(Cl)c1. The third-order valence-electron chi connectivity index (χ3n) is 4.69. The summed E-state index contributed by atoms with van der Waals surface area (Å²) in [5.74, 6) is -2.66. The predicted molar refractivity (Wildman–Crippen MR) is 75.5 cm³/mol. The lowest BCUT2D eigenvalue weighted by Crippen LogP contribution is -2.37. The summed E-state index contributed by atoms with van der Waals surface area (Å²) in [6, 6.07) is 3.92. The molecule has 2 fully saturated rings. The number of hydrogen-bond acceptors (Lipinski definition) is 2. The molecule has 6 heteroatoms. The van der Waals surface area contributed by atoms with Gasteiger partial charge in [-0.25, -0.2) is 4.39 Å². The van der Waals surface area contributed by atoms with Crippen molar-refractivity contribution in [1.82, 2.24) is 0 Å². The number of carboxylic acid groups (broad SMARTS) is 1. The van der Waals surface area contributed by atoms with Gasteiger partial charge in [0.2, 0.25) is 5.91 Å². The van der Waals surface area contributed by atoms with Crippen LogP contribution in [0.4, 0.5) is 10.1 Å². The molecule has 2 bridgehead atoms. The van der Waals surface area contributed by atoms with E-state index in [9.17, 15) is 19.1 Å². The van der Waals surface area contributed by atoms with Crippen LogP contribution in [0.5, 0.6) is 0 Å². The normalized spacial score (nSPS) is 30.4. The van der Waals surface area contributed by atoms with Gasteiger partial charge in [0, 0.05) is 5.69 Å². The maximum absolute atomic E-state index is 13.1. The number of aliphatic carboxylic acids is 1. The summed E-state index contributed by atoms with van der Waals surface area (Å²) < 4.78 is 13.1. The number of hydrogen-bond donors (Lipinski definition) is 2. The molecule has 0 spiro atoms. The van der Waals surface area contributed by atoms with E-state index in [0.717, 1.165) is 19.3 Å². The van der Waals surface area contributed by atoms with Crippen LogP contribution in [-0.4, -0.2) is 17.0 Å². The van der Waals surface area contributed by atoms with Crippen molar-refractivity contribution in [3.63, 3.8) is 0 Å². The lowest BCUT2D eigenvalue weighted by atomic mass is 9.78. The summed E-state index contributed by atoms with van der Waals surface area (Å²) in [4.78, 5) is 23.8. The number of halogens is 2. The van der Waals surface area contributed by atoms with Gasteiger partial charge < -0.3 is 10.4 Å². The van der Waals surface area contributed by atoms with Gasteiger partial charge in [0.05, 0.1) is 16.9 Å². The molecule has 2 aliphatic carbocycles. The predicted octanol–water partition coefficient (Wildman–Crippen LogP) is 3.16. The number of benzene rings is 1. The number of amides is 1. The molecule has 4 nitrogen and oxygen atoms in total. The van der Waals surface area contributed by atoms with Gasteiger partial charge in [0.15, 0.2) is 0 Å². The lowest BCUT2D eigenvalue weighted by molar-refractivity contribution is -0.148. The van der Waals surface area contributed by atoms with E-state index < -0.39 is 23.6 Å². The Bertz CT molecular complexity index is 607. The molecular weight excluding hydrogens is 297 g/mol. The van der Waals surface area contributed by atoms with E-state index in [1.807, 2.05) is 0 Å². The molecule has 4 atom stereocenters. The second kappa shape index (κ2) is 5.30. The maximum Gasteiger partial charge on any atom is 0.307 e. The molecule has 2 aliphatic rings. The zero-order chi connectivity index (χ0) is 15.1. The Morgan fingerprint density at radius 2 is 1.90 bits per heavy atom. The highest BCUT2D eigenvalue weighted by atomic mass is 35.5. The Morgan fingerprint density at radius 1 is 1.24 bits per heavy atom. The standard InChI is InChI=1S/C15H15ClFNO3/c16-10-6-9(3-4-11(10)17)18-14(19)12-7-1-2-8(5-7)13(12)15(20)21/h3-4,6-8,12-13H,1-2,5H2,(H,18,19)(H,20,21)/t7-,8-,12+,13+/m0/s1. The first kappa shape index (κ1) is 14.3. The second-order valence-electron chi connectivity index (χ2n) is 5.84. The van der Waals surface area contributed by atoms with Crippen LogP contribution in [0.3, 0.4) is 0 Å². The smallest absolute Gasteiger partial charge is 0.307 e. The van der Waals surface area contributed by atoms with E-state index in [-0.39, 0.29) is 22.8 Å². The molecule has 1 amide bonds. The summed E-state index contributed by atoms with van der Waals surface area (Å²) in [6.45, 7) is 0. The number of carbonyl (C=O) groups excluding carboxylic acids is 1. The second-order valence-corrected chi connectivity index (χ2v) is 6.25. The van der Waals surface area contributed by atoms with E-state index in [1.165, 1.54) is 18.2 Å². The van der Waals surface area contributed by atoms with Crippen LogP contribution >= 0.6 is 11.6 Å². The van der Waals surface area contributed by atoms with E-state index >= 15 is 0 Å². The molecule has 2 N–H and O–H groups in total. The fraction of sp³-hybridized carbons (Fsp3) is 0.467. The van der Waals surface area contributed by atoms with Crippen LogP contribution in [0.1, 0.15) is 19.3 Å². The van der Waals surface area contributed by atoms with Crippen LogP contribution in [0.25, 0.3) is 0 Å². The van der Waals surface area contributed by atoms with Gasteiger partial charge in [0.1, 0.15) is 5.82 Å². The molecule has 1 aromatic carbocycles. The molecular formula is C15H15ClFNO3. The zero-order valence-corrected chi connectivity index (χ0v) is 11.9. The highest BCUT2D eigenvalue weighted by Gasteiger charge is 2.53. The quantitative estimate of drug-likeness (QED) is 0.901. The lowest BCUT2D eigenvalue weighted by Gasteiger charge is -2.27. The minimum atomic E-state index is -0.903. The third-order valence-corrected chi connectivity index (χ3v) is 4.98. The summed E-state index contributed by atoms with van der Waals surface area (Å²) >= 11 is 5.68. The Labute approximate surface area is 126 Å². The van der Waals surface area contributed by atoms with Crippen molar-refractivity contribution in [1.29, 1.82) is 0 Å². The summed E-state index contributed by atoms with van der Waals surface area (Å²) in [5.41, 5.74) is 0.387. The van der Waals surface area contributed by atoms with Gasteiger partial charge in [-0.2, -0.15) is 0 Å². The number of carboxylic acids is 1. The molecule has 0 heterocycles. The highest BCUT2D eigenvalue weighted by Crippen LogP contribution is 2.52. The van der Waals surface area contributed by atoms with Crippen LogP contribution < -0.4 is 5.32 Å². The number of fused-ring (bicyclic) bond motifs is 2. The monoisotopic (exact) mass is 311 g/mol. The average Bonchev–Trinajstić information content (AvgIpc) is 3.03. The van der Waals surface area contributed by atoms with Crippen LogP contribution in [0.2, 0.25) is 5.02 Å². The van der Waals surface area contributed by atoms with E-state index in [4.69, 9.17) is 11.6 Å². The summed E-state index contributed by atoms with van der Waals surface area (Å²) in [5, 5.41) is 11.9. The molecule has 0 unspecified atom stereocenters. The molecule has 21 heavy (non-hydrogen) atoms. The molecule has 2 saturated carbocycles. The van der Waals surface area contributed by atoms with Gasteiger partial charge in [-0.1, -0.05) is 11.6 Å². The van der Waals surface area contributed by atoms with E-state index in [1.54, 1.807) is 0 Å². The van der Waals surface area contributed by atoms with Crippen molar-refractivity contribution in [3.05, 3.63) is 29.0 Å². The largest absolute Gasteiger partial charge is 0.481 e. The Hall–Kier alpha value is -1.62. The van der Waals surface area contributed by atoms with Crippen LogP contribution in [0, 0.1) is 29.5 Å².